The molecule has 0 aliphatic heterocycles. The molecule has 143 valence electrons. The van der Waals surface area contributed by atoms with Crippen LogP contribution < -0.4 is 4.74 Å². The summed E-state index contributed by atoms with van der Waals surface area (Å²) in [4.78, 5) is 22.7. The molecule has 0 aromatic heterocycles. The van der Waals surface area contributed by atoms with Gasteiger partial charge in [0.2, 0.25) is 0 Å². The Morgan fingerprint density at radius 1 is 1.25 bits per heavy atom. The third-order valence-electron chi connectivity index (χ3n) is 5.54. The first-order chi connectivity index (χ1) is 13.0. The molecule has 5 heteroatoms. The van der Waals surface area contributed by atoms with E-state index in [1.165, 1.54) is 5.57 Å². The number of benzene rings is 1. The van der Waals surface area contributed by atoms with Gasteiger partial charge in [0.1, 0.15) is 18.1 Å². The van der Waals surface area contributed by atoms with Gasteiger partial charge in [0.05, 0.1) is 12.3 Å². The molecular weight excluding hydrogens is 363 g/mol. The first kappa shape index (κ1) is 22.7. The van der Waals surface area contributed by atoms with Crippen molar-refractivity contribution in [2.24, 2.45) is 5.41 Å². The number of carbonyl (C=O) groups is 2. The summed E-state index contributed by atoms with van der Waals surface area (Å²) in [5, 5.41) is 9.04. The molecule has 3 rings (SSSR count). The molecule has 0 unspecified atom stereocenters. The van der Waals surface area contributed by atoms with Gasteiger partial charge in [0.15, 0.2) is 0 Å². The number of ether oxygens (including phenoxy) is 1. The van der Waals surface area contributed by atoms with Crippen molar-refractivity contribution in [3.8, 4) is 17.6 Å². The Morgan fingerprint density at radius 2 is 2.00 bits per heavy atom. The quantitative estimate of drug-likeness (QED) is 0.452. The third kappa shape index (κ3) is 5.98. The summed E-state index contributed by atoms with van der Waals surface area (Å²) in [5.41, 5.74) is 2.25. The fourth-order valence-electron chi connectivity index (χ4n) is 4.23. The molecule has 1 aromatic rings. The molecule has 1 saturated carbocycles. The van der Waals surface area contributed by atoms with E-state index in [2.05, 4.69) is 17.9 Å². The molecule has 28 heavy (non-hydrogen) atoms. The summed E-state index contributed by atoms with van der Waals surface area (Å²) < 4.78 is 5.95. The maximum absolute atomic E-state index is 11.7. The molecule has 1 aromatic carbocycles. The number of ketones is 1. The van der Waals surface area contributed by atoms with E-state index in [9.17, 15) is 9.59 Å². The fourth-order valence-corrected chi connectivity index (χ4v) is 4.23. The average Bonchev–Trinajstić information content (AvgIpc) is 2.99. The molecule has 1 radical (unpaired) electrons. The van der Waals surface area contributed by atoms with Crippen LogP contribution in [0.15, 0.2) is 35.9 Å². The minimum atomic E-state index is -0.855. The topological polar surface area (TPSA) is 63.6 Å². The summed E-state index contributed by atoms with van der Waals surface area (Å²) in [5.74, 6) is 5.75. The Balaban J connectivity index is 0.00000280. The zero-order valence-corrected chi connectivity index (χ0v) is 18.8. The normalized spacial score (nSPS) is 21.9. The Hall–Kier alpha value is -1.54. The van der Waals surface area contributed by atoms with Crippen LogP contribution in [0.1, 0.15) is 63.4 Å². The van der Waals surface area contributed by atoms with Gasteiger partial charge in [-0.2, -0.15) is 0 Å². The van der Waals surface area contributed by atoms with Crippen molar-refractivity contribution in [2.45, 2.75) is 57.8 Å². The van der Waals surface area contributed by atoms with Crippen molar-refractivity contribution in [3.63, 3.8) is 0 Å². The van der Waals surface area contributed by atoms with Gasteiger partial charge in [-0.1, -0.05) is 24.1 Å². The number of carboxylic acids is 1. The van der Waals surface area contributed by atoms with Crippen LogP contribution in [0, 0.1) is 17.3 Å². The average molecular weight is 389 g/mol. The summed E-state index contributed by atoms with van der Waals surface area (Å²) in [7, 11) is 0. The second kappa shape index (κ2) is 10.3. The molecule has 1 fully saturated rings. The molecule has 1 N–H and O–H groups in total. The van der Waals surface area contributed by atoms with Crippen molar-refractivity contribution in [2.75, 3.05) is 6.61 Å². The van der Waals surface area contributed by atoms with Crippen LogP contribution in [0.3, 0.4) is 0 Å². The molecular formula is C23H26NaO4. The van der Waals surface area contributed by atoms with Crippen LogP contribution in [-0.2, 0) is 9.59 Å². The van der Waals surface area contributed by atoms with Gasteiger partial charge in [0, 0.05) is 42.4 Å². The fraction of sp³-hybridized carbons (Fsp3) is 0.478. The van der Waals surface area contributed by atoms with Gasteiger partial charge in [0.25, 0.3) is 0 Å². The first-order valence-electron chi connectivity index (χ1n) is 9.59. The predicted molar refractivity (Wildman–Crippen MR) is 109 cm³/mol. The van der Waals surface area contributed by atoms with Crippen LogP contribution in [-0.4, -0.2) is 53.0 Å². The summed E-state index contributed by atoms with van der Waals surface area (Å²) in [6.45, 7) is 2.26. The van der Waals surface area contributed by atoms with E-state index >= 15 is 0 Å². The van der Waals surface area contributed by atoms with E-state index in [-0.39, 0.29) is 47.3 Å². The van der Waals surface area contributed by atoms with E-state index in [4.69, 9.17) is 9.84 Å². The van der Waals surface area contributed by atoms with Crippen molar-refractivity contribution in [1.82, 2.24) is 0 Å². The largest absolute Gasteiger partial charge is 0.489 e. The van der Waals surface area contributed by atoms with Gasteiger partial charge in [-0.05, 0) is 61.3 Å². The molecule has 2 atom stereocenters. The molecule has 0 bridgehead atoms. The monoisotopic (exact) mass is 389 g/mol. The minimum absolute atomic E-state index is 0. The van der Waals surface area contributed by atoms with Gasteiger partial charge < -0.3 is 9.84 Å². The van der Waals surface area contributed by atoms with Gasteiger partial charge in [-0.25, -0.2) is 0 Å². The first-order valence-corrected chi connectivity index (χ1v) is 9.59. The van der Waals surface area contributed by atoms with Crippen LogP contribution in [0.25, 0.3) is 0 Å². The summed E-state index contributed by atoms with van der Waals surface area (Å²) in [6.07, 6.45) is 7.94. The van der Waals surface area contributed by atoms with Crippen LogP contribution >= 0.6 is 0 Å². The molecule has 4 nitrogen and oxygen atoms in total. The maximum atomic E-state index is 11.7. The zero-order chi connectivity index (χ0) is 19.3. The molecule has 2 aliphatic rings. The van der Waals surface area contributed by atoms with Crippen LogP contribution in [0.5, 0.6) is 5.75 Å². The smallest absolute Gasteiger partial charge is 0.304 e. The minimum Gasteiger partial charge on any atom is -0.489 e. The number of hydrogen-bond acceptors (Lipinski definition) is 3. The molecule has 0 heterocycles. The SMILES string of the molecule is CC#C[C@@H](CC(=O)O)c1ccc(OCC2=C[C@@]3(CCC2)CCC(=O)C3)cc1.[Na]. The van der Waals surface area contributed by atoms with Crippen LogP contribution in [0.4, 0.5) is 0 Å². The van der Waals surface area contributed by atoms with Gasteiger partial charge >= 0.3 is 5.97 Å². The number of carbonyl (C=O) groups excluding carboxylic acids is 1. The molecule has 0 amide bonds. The predicted octanol–water partition coefficient (Wildman–Crippen LogP) is 4.12. The van der Waals surface area contributed by atoms with Crippen LogP contribution in [0.2, 0.25) is 0 Å². The number of hydrogen-bond donors (Lipinski definition) is 1. The van der Waals surface area contributed by atoms with Crippen molar-refractivity contribution in [1.29, 1.82) is 0 Å². The number of allylic oxidation sites excluding steroid dienone is 1. The Labute approximate surface area is 189 Å². The maximum Gasteiger partial charge on any atom is 0.304 e. The van der Waals surface area contributed by atoms with E-state index in [1.54, 1.807) is 6.92 Å². The number of carboxylic acid groups (broad SMARTS) is 1. The van der Waals surface area contributed by atoms with E-state index < -0.39 is 5.97 Å². The third-order valence-corrected chi connectivity index (χ3v) is 5.54. The number of rotatable bonds is 6. The second-order valence-electron chi connectivity index (χ2n) is 7.64. The van der Waals surface area contributed by atoms with E-state index in [1.807, 2.05) is 24.3 Å². The Kier molecular flexibility index (Phi) is 8.37. The van der Waals surface area contributed by atoms with Crippen molar-refractivity contribution in [3.05, 3.63) is 41.5 Å². The number of Topliss-reactive ketones (excluding diaryl/α,β-unsaturated/α-hetero) is 1. The van der Waals surface area contributed by atoms with E-state index in [0.29, 0.717) is 25.2 Å². The van der Waals surface area contributed by atoms with Crippen molar-refractivity contribution < 1.29 is 19.4 Å². The second-order valence-corrected chi connectivity index (χ2v) is 7.64. The Bertz CT molecular complexity index is 800. The van der Waals surface area contributed by atoms with E-state index in [0.717, 1.165) is 37.0 Å². The van der Waals surface area contributed by atoms with Crippen molar-refractivity contribution >= 4 is 41.3 Å². The molecule has 0 saturated heterocycles. The zero-order valence-electron chi connectivity index (χ0n) is 16.8. The molecule has 1 spiro atoms. The Morgan fingerprint density at radius 3 is 2.61 bits per heavy atom. The standard InChI is InChI=1S/C23H26O4.Na/c1-2-4-19(13-22(25)26)18-6-8-21(9-7-18)27-16-17-5-3-11-23(14-17)12-10-20(24)15-23;/h6-9,14,19H,3,5,10-13,15-16H2,1H3,(H,25,26);/t19-,23+;/m0./s1. The van der Waals surface area contributed by atoms with Gasteiger partial charge in [-0.15, -0.1) is 5.92 Å². The molecule has 2 aliphatic carbocycles. The number of aliphatic carboxylic acids is 1. The van der Waals surface area contributed by atoms with Gasteiger partial charge in [-0.3, -0.25) is 9.59 Å². The summed E-state index contributed by atoms with van der Waals surface area (Å²) >= 11 is 0. The summed E-state index contributed by atoms with van der Waals surface area (Å²) in [6, 6.07) is 7.53.